The van der Waals surface area contributed by atoms with Gasteiger partial charge in [0.25, 0.3) is 5.91 Å². The number of aromatic nitrogens is 1. The number of hydrogen-bond acceptors (Lipinski definition) is 8. The second-order valence-electron chi connectivity index (χ2n) is 9.18. The van der Waals surface area contributed by atoms with Gasteiger partial charge in [-0.1, -0.05) is 0 Å². The lowest BCUT2D eigenvalue weighted by molar-refractivity contribution is -0.130. The van der Waals surface area contributed by atoms with Gasteiger partial charge < -0.3 is 19.9 Å². The number of nitrogens with one attached hydrogen (secondary N) is 1. The molecule has 3 amide bonds. The molecule has 0 bridgehead atoms. The van der Waals surface area contributed by atoms with E-state index in [-0.39, 0.29) is 30.0 Å². The van der Waals surface area contributed by atoms with Crippen LogP contribution in [0.15, 0.2) is 30.5 Å². The minimum atomic E-state index is -0.419. The molecule has 4 rings (SSSR count). The molecule has 2 aliphatic rings. The average Bonchev–Trinajstić information content (AvgIpc) is 3.42. The van der Waals surface area contributed by atoms with E-state index in [0.29, 0.717) is 41.8 Å². The summed E-state index contributed by atoms with van der Waals surface area (Å²) >= 11 is 4.06. The van der Waals surface area contributed by atoms with E-state index in [1.54, 1.807) is 18.3 Å². The lowest BCUT2D eigenvalue weighted by Crippen LogP contribution is -2.49. The zero-order valence-corrected chi connectivity index (χ0v) is 21.7. The predicted molar refractivity (Wildman–Crippen MR) is 141 cm³/mol. The van der Waals surface area contributed by atoms with Crippen molar-refractivity contribution in [2.24, 2.45) is 0 Å². The van der Waals surface area contributed by atoms with Crippen molar-refractivity contribution in [3.63, 3.8) is 0 Å². The Morgan fingerprint density at radius 2 is 1.95 bits per heavy atom. The van der Waals surface area contributed by atoms with E-state index in [4.69, 9.17) is 4.74 Å². The smallest absolute Gasteiger partial charge is 0.252 e. The Kier molecular flexibility index (Phi) is 9.19. The van der Waals surface area contributed by atoms with Crippen LogP contribution in [0.2, 0.25) is 0 Å². The van der Waals surface area contributed by atoms with Gasteiger partial charge in [0.15, 0.2) is 0 Å². The average molecular weight is 525 g/mol. The first-order chi connectivity index (χ1) is 18.0. The van der Waals surface area contributed by atoms with Gasteiger partial charge in [-0.3, -0.25) is 24.3 Å². The monoisotopic (exact) mass is 524 g/mol. The molecular weight excluding hydrogens is 492 g/mol. The van der Waals surface area contributed by atoms with Gasteiger partial charge in [-0.15, -0.1) is 0 Å². The molecule has 0 spiro atoms. The molecule has 0 radical (unpaired) electrons. The first-order valence-electron chi connectivity index (χ1n) is 12.6. The number of ether oxygens (including phenoxy) is 1. The van der Waals surface area contributed by atoms with Gasteiger partial charge in [0.1, 0.15) is 11.8 Å². The second kappa shape index (κ2) is 12.7. The minimum absolute atomic E-state index is 0.0796. The fourth-order valence-electron chi connectivity index (χ4n) is 4.76. The van der Waals surface area contributed by atoms with Gasteiger partial charge in [0.05, 0.1) is 36.1 Å². The number of piperazine rings is 1. The number of rotatable bonds is 9. The van der Waals surface area contributed by atoms with Crippen molar-refractivity contribution in [3.05, 3.63) is 36.0 Å². The SMILES string of the molecule is N#CC1CCCN1C(=O)CNC(=O)c1ccnc2ccc(OCCCN3CCN(C(=O)CS)CC3)cc12. The summed E-state index contributed by atoms with van der Waals surface area (Å²) < 4.78 is 5.95. The van der Waals surface area contributed by atoms with Crippen LogP contribution in [0.25, 0.3) is 10.9 Å². The fourth-order valence-corrected chi connectivity index (χ4v) is 4.96. The highest BCUT2D eigenvalue weighted by molar-refractivity contribution is 7.81. The summed E-state index contributed by atoms with van der Waals surface area (Å²) in [5, 5.41) is 12.5. The Hall–Kier alpha value is -3.36. The summed E-state index contributed by atoms with van der Waals surface area (Å²) in [5.74, 6) is 0.341. The minimum Gasteiger partial charge on any atom is -0.494 e. The molecule has 1 N–H and O–H groups in total. The van der Waals surface area contributed by atoms with Crippen LogP contribution in [-0.2, 0) is 9.59 Å². The highest BCUT2D eigenvalue weighted by atomic mass is 32.1. The van der Waals surface area contributed by atoms with Crippen molar-refractivity contribution < 1.29 is 19.1 Å². The zero-order valence-electron chi connectivity index (χ0n) is 20.8. The molecule has 37 heavy (non-hydrogen) atoms. The maximum absolute atomic E-state index is 12.9. The van der Waals surface area contributed by atoms with Crippen LogP contribution in [0.4, 0.5) is 0 Å². The lowest BCUT2D eigenvalue weighted by atomic mass is 10.1. The third kappa shape index (κ3) is 6.70. The number of hydrogen-bond donors (Lipinski definition) is 2. The zero-order chi connectivity index (χ0) is 26.2. The van der Waals surface area contributed by atoms with Gasteiger partial charge in [0.2, 0.25) is 11.8 Å². The Morgan fingerprint density at radius 1 is 1.14 bits per heavy atom. The Balaban J connectivity index is 1.29. The maximum atomic E-state index is 12.9. The summed E-state index contributed by atoms with van der Waals surface area (Å²) in [7, 11) is 0. The molecule has 2 fully saturated rings. The lowest BCUT2D eigenvalue weighted by Gasteiger charge is -2.34. The fraction of sp³-hybridized carbons (Fsp3) is 0.500. The van der Waals surface area contributed by atoms with E-state index >= 15 is 0 Å². The molecule has 1 unspecified atom stereocenters. The topological polar surface area (TPSA) is 119 Å². The predicted octanol–water partition coefficient (Wildman–Crippen LogP) is 1.32. The van der Waals surface area contributed by atoms with Gasteiger partial charge >= 0.3 is 0 Å². The number of likely N-dealkylation sites (tertiary alicyclic amines) is 1. The van der Waals surface area contributed by atoms with Crippen LogP contribution < -0.4 is 10.1 Å². The Bertz CT molecular complexity index is 1180. The van der Waals surface area contributed by atoms with E-state index in [9.17, 15) is 19.6 Å². The normalized spacial score (nSPS) is 18.0. The summed E-state index contributed by atoms with van der Waals surface area (Å²) in [6.07, 6.45) is 3.86. The van der Waals surface area contributed by atoms with Crippen molar-refractivity contribution in [1.82, 2.24) is 25.0 Å². The van der Waals surface area contributed by atoms with Crippen molar-refractivity contribution in [3.8, 4) is 11.8 Å². The summed E-state index contributed by atoms with van der Waals surface area (Å²) in [4.78, 5) is 47.2. The molecule has 11 heteroatoms. The van der Waals surface area contributed by atoms with Gasteiger partial charge in [0, 0.05) is 50.9 Å². The summed E-state index contributed by atoms with van der Waals surface area (Å²) in [6.45, 7) is 4.92. The molecule has 1 aromatic heterocycles. The highest BCUT2D eigenvalue weighted by Gasteiger charge is 2.28. The molecular formula is C26H32N6O4S. The van der Waals surface area contributed by atoms with Crippen molar-refractivity contribution >= 4 is 41.3 Å². The number of carbonyl (C=O) groups excluding carboxylic acids is 3. The summed E-state index contributed by atoms with van der Waals surface area (Å²) in [6, 6.07) is 8.79. The standard InChI is InChI=1S/C26H32N6O4S/c27-16-19-3-1-9-32(19)24(33)17-29-26(35)21-6-7-28-23-5-4-20(15-22(21)23)36-14-2-8-30-10-12-31(13-11-30)25(34)18-37/h4-7,15,19,37H,1-3,8-14,17-18H2,(H,29,35). The van der Waals surface area contributed by atoms with Crippen LogP contribution in [-0.4, -0.2) is 102 Å². The van der Waals surface area contributed by atoms with E-state index in [2.05, 4.69) is 33.9 Å². The van der Waals surface area contributed by atoms with Crippen LogP contribution in [0.3, 0.4) is 0 Å². The third-order valence-corrected chi connectivity index (χ3v) is 7.10. The van der Waals surface area contributed by atoms with Gasteiger partial charge in [-0.05, 0) is 43.5 Å². The number of benzene rings is 1. The molecule has 0 saturated carbocycles. The van der Waals surface area contributed by atoms with Gasteiger partial charge in [-0.25, -0.2) is 0 Å². The molecule has 10 nitrogen and oxygen atoms in total. The number of amides is 3. The number of fused-ring (bicyclic) bond motifs is 1. The number of pyridine rings is 1. The first kappa shape index (κ1) is 26.7. The second-order valence-corrected chi connectivity index (χ2v) is 9.49. The number of thiol groups is 1. The van der Waals surface area contributed by atoms with E-state index in [1.807, 2.05) is 17.0 Å². The van der Waals surface area contributed by atoms with E-state index in [1.165, 1.54) is 4.90 Å². The van der Waals surface area contributed by atoms with E-state index < -0.39 is 6.04 Å². The maximum Gasteiger partial charge on any atom is 0.252 e. The molecule has 2 aromatic rings. The number of nitrogens with zero attached hydrogens (tertiary/aromatic N) is 5. The van der Waals surface area contributed by atoms with Crippen LogP contribution in [0.1, 0.15) is 29.6 Å². The van der Waals surface area contributed by atoms with Crippen molar-refractivity contribution in [1.29, 1.82) is 5.26 Å². The first-order valence-corrected chi connectivity index (χ1v) is 13.2. The molecule has 3 heterocycles. The molecule has 2 aliphatic heterocycles. The quantitative estimate of drug-likeness (QED) is 0.375. The third-order valence-electron chi connectivity index (χ3n) is 6.83. The van der Waals surface area contributed by atoms with Crippen LogP contribution >= 0.6 is 12.6 Å². The van der Waals surface area contributed by atoms with Crippen molar-refractivity contribution in [2.75, 3.05) is 58.2 Å². The van der Waals surface area contributed by atoms with Crippen LogP contribution in [0.5, 0.6) is 5.75 Å². The van der Waals surface area contributed by atoms with E-state index in [0.717, 1.165) is 45.6 Å². The Morgan fingerprint density at radius 3 is 2.70 bits per heavy atom. The summed E-state index contributed by atoms with van der Waals surface area (Å²) in [5.41, 5.74) is 1.07. The number of nitriles is 1. The molecule has 1 atom stereocenters. The largest absolute Gasteiger partial charge is 0.494 e. The highest BCUT2D eigenvalue weighted by Crippen LogP contribution is 2.23. The number of carbonyl (C=O) groups is 3. The molecule has 2 saturated heterocycles. The van der Waals surface area contributed by atoms with Crippen molar-refractivity contribution in [2.45, 2.75) is 25.3 Å². The molecule has 0 aliphatic carbocycles. The Labute approximate surface area is 222 Å². The van der Waals surface area contributed by atoms with Gasteiger partial charge in [-0.2, -0.15) is 17.9 Å². The molecule has 1 aromatic carbocycles. The van der Waals surface area contributed by atoms with Crippen LogP contribution in [0, 0.1) is 11.3 Å². The molecule has 196 valence electrons.